The van der Waals surface area contributed by atoms with Gasteiger partial charge in [0, 0.05) is 19.4 Å². The second-order valence-electron chi connectivity index (χ2n) is 4.18. The van der Waals surface area contributed by atoms with Crippen molar-refractivity contribution in [2.24, 2.45) is 0 Å². The maximum Gasteiger partial charge on any atom is 0.330 e. The molecule has 0 bridgehead atoms. The van der Waals surface area contributed by atoms with Crippen molar-refractivity contribution in [3.05, 3.63) is 33.1 Å². The minimum Gasteiger partial charge on any atom is -0.388 e. The van der Waals surface area contributed by atoms with E-state index in [4.69, 9.17) is 9.47 Å². The van der Waals surface area contributed by atoms with Gasteiger partial charge < -0.3 is 14.6 Å². The molecule has 1 aromatic heterocycles. The number of rotatable bonds is 3. The van der Waals surface area contributed by atoms with Crippen molar-refractivity contribution in [1.82, 2.24) is 9.55 Å². The molecule has 0 aliphatic carbocycles. The lowest BCUT2D eigenvalue weighted by molar-refractivity contribution is -0.0542. The zero-order valence-corrected chi connectivity index (χ0v) is 10.2. The zero-order chi connectivity index (χ0) is 13.3. The van der Waals surface area contributed by atoms with Crippen LogP contribution in [0.3, 0.4) is 0 Å². The van der Waals surface area contributed by atoms with E-state index in [0.29, 0.717) is 6.42 Å². The number of ether oxygens (including phenoxy) is 2. The number of hydrogen-bond donors (Lipinski definition) is 2. The van der Waals surface area contributed by atoms with Crippen molar-refractivity contribution in [2.75, 3.05) is 7.11 Å². The van der Waals surface area contributed by atoms with E-state index in [1.54, 1.807) is 0 Å². The summed E-state index contributed by atoms with van der Waals surface area (Å²) in [5, 5.41) is 9.99. The lowest BCUT2D eigenvalue weighted by atomic mass is 10.1. The molecule has 1 saturated heterocycles. The summed E-state index contributed by atoms with van der Waals surface area (Å²) in [5.41, 5.74) is -1.06. The van der Waals surface area contributed by atoms with Crippen LogP contribution in [0.5, 0.6) is 0 Å². The van der Waals surface area contributed by atoms with Crippen molar-refractivity contribution in [3.63, 3.8) is 0 Å². The van der Waals surface area contributed by atoms with E-state index in [0.717, 1.165) is 0 Å². The Morgan fingerprint density at radius 1 is 1.56 bits per heavy atom. The van der Waals surface area contributed by atoms with Gasteiger partial charge in [-0.25, -0.2) is 4.79 Å². The number of aliphatic hydroxyl groups is 1. The highest BCUT2D eigenvalue weighted by Crippen LogP contribution is 2.31. The molecule has 100 valence electrons. The Morgan fingerprint density at radius 3 is 2.83 bits per heavy atom. The molecule has 1 aliphatic heterocycles. The summed E-state index contributed by atoms with van der Waals surface area (Å²) < 4.78 is 12.0. The molecule has 1 fully saturated rings. The first-order valence-electron chi connectivity index (χ1n) is 5.76. The van der Waals surface area contributed by atoms with Gasteiger partial charge in [0.25, 0.3) is 5.56 Å². The number of aliphatic hydroxyl groups excluding tert-OH is 1. The molecule has 4 atom stereocenters. The molecule has 7 nitrogen and oxygen atoms in total. The van der Waals surface area contributed by atoms with E-state index in [1.165, 1.54) is 23.9 Å². The molecule has 0 radical (unpaired) electrons. The van der Waals surface area contributed by atoms with Crippen molar-refractivity contribution in [2.45, 2.75) is 37.9 Å². The number of hydrogen-bond acceptors (Lipinski definition) is 5. The summed E-state index contributed by atoms with van der Waals surface area (Å²) in [6.45, 7) is 1.87. The van der Waals surface area contributed by atoms with Crippen LogP contribution in [0.4, 0.5) is 0 Å². The smallest absolute Gasteiger partial charge is 0.330 e. The zero-order valence-electron chi connectivity index (χ0n) is 10.2. The maximum absolute atomic E-state index is 11.7. The fourth-order valence-corrected chi connectivity index (χ4v) is 2.16. The van der Waals surface area contributed by atoms with Crippen LogP contribution in [0.25, 0.3) is 0 Å². The number of H-pyrrole nitrogens is 1. The van der Waals surface area contributed by atoms with Crippen LogP contribution in [0.1, 0.15) is 19.6 Å². The summed E-state index contributed by atoms with van der Waals surface area (Å²) in [4.78, 5) is 24.8. The fourth-order valence-electron chi connectivity index (χ4n) is 2.16. The van der Waals surface area contributed by atoms with E-state index in [9.17, 15) is 14.7 Å². The molecule has 2 N–H and O–H groups in total. The van der Waals surface area contributed by atoms with E-state index in [1.807, 2.05) is 6.92 Å². The Labute approximate surface area is 103 Å². The van der Waals surface area contributed by atoms with E-state index >= 15 is 0 Å². The number of aromatic amines is 1. The van der Waals surface area contributed by atoms with Gasteiger partial charge in [0.15, 0.2) is 6.23 Å². The molecule has 18 heavy (non-hydrogen) atoms. The van der Waals surface area contributed by atoms with Crippen LogP contribution >= 0.6 is 0 Å². The van der Waals surface area contributed by atoms with Gasteiger partial charge in [-0.15, -0.1) is 0 Å². The largest absolute Gasteiger partial charge is 0.388 e. The molecule has 2 rings (SSSR count). The van der Waals surface area contributed by atoms with Crippen LogP contribution in [-0.2, 0) is 9.47 Å². The number of methoxy groups -OCH3 is 1. The fraction of sp³-hybridized carbons (Fsp3) is 0.636. The van der Waals surface area contributed by atoms with Crippen molar-refractivity contribution >= 4 is 0 Å². The Balaban J connectivity index is 2.38. The normalized spacial score (nSPS) is 31.7. The van der Waals surface area contributed by atoms with Gasteiger partial charge in [-0.05, 0) is 6.42 Å². The third-order valence-corrected chi connectivity index (χ3v) is 3.11. The first-order valence-corrected chi connectivity index (χ1v) is 5.76. The molecule has 2 heterocycles. The Bertz CT molecular complexity index is 523. The first-order chi connectivity index (χ1) is 8.58. The minimum absolute atomic E-state index is 0.390. The van der Waals surface area contributed by atoms with E-state index < -0.39 is 35.8 Å². The molecular weight excluding hydrogens is 240 g/mol. The third kappa shape index (κ3) is 2.12. The lowest BCUT2D eigenvalue weighted by Gasteiger charge is -2.20. The summed E-state index contributed by atoms with van der Waals surface area (Å²) in [6.07, 6.45) is -0.626. The predicted octanol–water partition coefficient (Wildman–Crippen LogP) is -0.780. The number of aromatic nitrogens is 2. The Hall–Kier alpha value is -1.44. The van der Waals surface area contributed by atoms with E-state index in [2.05, 4.69) is 4.98 Å². The summed E-state index contributed by atoms with van der Waals surface area (Å²) in [6, 6.07) is 1.23. The monoisotopic (exact) mass is 256 g/mol. The Morgan fingerprint density at radius 2 is 2.28 bits per heavy atom. The molecule has 7 heteroatoms. The maximum atomic E-state index is 11.7. The molecule has 1 unspecified atom stereocenters. The average molecular weight is 256 g/mol. The highest BCUT2D eigenvalue weighted by molar-refractivity contribution is 4.93. The molecule has 0 amide bonds. The van der Waals surface area contributed by atoms with Crippen LogP contribution in [-0.4, -0.2) is 40.1 Å². The molecule has 0 saturated carbocycles. The summed E-state index contributed by atoms with van der Waals surface area (Å²) in [5.74, 6) is 0. The quantitative estimate of drug-likeness (QED) is 0.740. The Kier molecular flexibility index (Phi) is 3.65. The van der Waals surface area contributed by atoms with Crippen molar-refractivity contribution in [3.8, 4) is 0 Å². The van der Waals surface area contributed by atoms with E-state index in [-0.39, 0.29) is 0 Å². The SMILES string of the molecule is CC[C@H]1O[C@@H](n2ccc(=O)[nH]c2=O)C(OC)[C@H]1O. The molecule has 1 aliphatic rings. The second-order valence-corrected chi connectivity index (χ2v) is 4.18. The first kappa shape index (κ1) is 13.0. The number of nitrogens with zero attached hydrogens (tertiary/aromatic N) is 1. The standard InChI is InChI=1S/C11H16N2O5/c1-3-6-8(15)9(17-2)10(18-6)13-5-4-7(14)12-11(13)16/h4-6,8-10,15H,3H2,1-2H3,(H,12,14,16)/t6-,8+,9?,10-/m1/s1. The highest BCUT2D eigenvalue weighted by Gasteiger charge is 2.44. The topological polar surface area (TPSA) is 93.6 Å². The molecule has 1 aromatic rings. The van der Waals surface area contributed by atoms with Gasteiger partial charge in [0.1, 0.15) is 12.2 Å². The van der Waals surface area contributed by atoms with Crippen molar-refractivity contribution in [1.29, 1.82) is 0 Å². The van der Waals surface area contributed by atoms with Gasteiger partial charge in [0.05, 0.1) is 6.10 Å². The minimum atomic E-state index is -0.802. The number of nitrogens with one attached hydrogen (secondary N) is 1. The van der Waals surface area contributed by atoms with Crippen molar-refractivity contribution < 1.29 is 14.6 Å². The van der Waals surface area contributed by atoms with Gasteiger partial charge in [-0.3, -0.25) is 14.3 Å². The lowest BCUT2D eigenvalue weighted by Crippen LogP contribution is -2.38. The van der Waals surface area contributed by atoms with Gasteiger partial charge in [-0.2, -0.15) is 0 Å². The molecule has 0 spiro atoms. The third-order valence-electron chi connectivity index (χ3n) is 3.11. The average Bonchev–Trinajstić information content (AvgIpc) is 2.65. The summed E-state index contributed by atoms with van der Waals surface area (Å²) in [7, 11) is 1.44. The van der Waals surface area contributed by atoms with Gasteiger partial charge in [-0.1, -0.05) is 6.92 Å². The molecular formula is C11H16N2O5. The van der Waals surface area contributed by atoms with Gasteiger partial charge in [0.2, 0.25) is 0 Å². The summed E-state index contributed by atoms with van der Waals surface area (Å²) >= 11 is 0. The molecule has 0 aromatic carbocycles. The van der Waals surface area contributed by atoms with Crippen LogP contribution in [0.15, 0.2) is 21.9 Å². The van der Waals surface area contributed by atoms with Crippen LogP contribution in [0, 0.1) is 0 Å². The van der Waals surface area contributed by atoms with Gasteiger partial charge >= 0.3 is 5.69 Å². The second kappa shape index (κ2) is 5.05. The highest BCUT2D eigenvalue weighted by atomic mass is 16.6. The van der Waals surface area contributed by atoms with Crippen LogP contribution in [0.2, 0.25) is 0 Å². The predicted molar refractivity (Wildman–Crippen MR) is 62.3 cm³/mol. The van der Waals surface area contributed by atoms with Crippen LogP contribution < -0.4 is 11.2 Å².